The Hall–Kier alpha value is 0.138. The summed E-state index contributed by atoms with van der Waals surface area (Å²) in [6.07, 6.45) is 0. The van der Waals surface area contributed by atoms with Gasteiger partial charge in [0.15, 0.2) is 0 Å². The summed E-state index contributed by atoms with van der Waals surface area (Å²) in [6.45, 7) is 4.41. The summed E-state index contributed by atoms with van der Waals surface area (Å²) in [7, 11) is 0. The van der Waals surface area contributed by atoms with Crippen molar-refractivity contribution < 1.29 is 33.9 Å². The molecule has 1 aromatic rings. The van der Waals surface area contributed by atoms with Crippen molar-refractivity contribution in [2.45, 2.75) is 19.8 Å². The van der Waals surface area contributed by atoms with Gasteiger partial charge in [0, 0.05) is 17.1 Å². The van der Waals surface area contributed by atoms with Gasteiger partial charge in [0.05, 0.1) is 0 Å². The largest absolute Gasteiger partial charge is 0 e. The topological polar surface area (TPSA) is 0 Å². The van der Waals surface area contributed by atoms with E-state index in [1.807, 2.05) is 6.07 Å². The molecule has 0 atom stereocenters. The van der Waals surface area contributed by atoms with E-state index in [0.717, 1.165) is 0 Å². The third-order valence-electron chi connectivity index (χ3n) is 1.47. The Balaban J connectivity index is 0. The molecule has 17 heavy (non-hydrogen) atoms. The summed E-state index contributed by atoms with van der Waals surface area (Å²) < 4.78 is 59.6. The van der Waals surface area contributed by atoms with E-state index in [9.17, 15) is 16.9 Å². The Morgan fingerprint density at radius 1 is 0.824 bits per heavy atom. The quantitative estimate of drug-likeness (QED) is 0.453. The van der Waals surface area contributed by atoms with Crippen molar-refractivity contribution in [1.82, 2.24) is 0 Å². The predicted octanol–water partition coefficient (Wildman–Crippen LogP) is 4.95. The minimum atomic E-state index is -11.2. The first-order chi connectivity index (χ1) is 6.75. The van der Waals surface area contributed by atoms with Gasteiger partial charge >= 0.3 is 36.4 Å². The van der Waals surface area contributed by atoms with Crippen molar-refractivity contribution in [2.75, 3.05) is 0 Å². The summed E-state index contributed by atoms with van der Waals surface area (Å²) in [5.41, 5.74) is 1.41. The molecule has 0 heterocycles. The third-order valence-corrected chi connectivity index (χ3v) is 1.47. The van der Waals surface area contributed by atoms with Crippen LogP contribution in [0.1, 0.15) is 25.3 Å². The van der Waals surface area contributed by atoms with Crippen LogP contribution in [0.5, 0.6) is 0 Å². The molecule has 0 aromatic heterocycles. The van der Waals surface area contributed by atoms with Crippen LogP contribution in [0.25, 0.3) is 0 Å². The first-order valence-electron chi connectivity index (χ1n) is 4.37. The molecule has 0 aliphatic rings. The Labute approximate surface area is 109 Å². The zero-order valence-corrected chi connectivity index (χ0v) is 12.7. The minimum absolute atomic E-state index is 0. The molecular weight excluding hydrogens is 400 g/mol. The fourth-order valence-corrected chi connectivity index (χ4v) is 0.838. The van der Waals surface area contributed by atoms with Crippen molar-refractivity contribution in [3.8, 4) is 0 Å². The number of hydrogen-bond acceptors (Lipinski definition) is 0. The van der Waals surface area contributed by atoms with Crippen molar-refractivity contribution >= 4 is 19.5 Å². The van der Waals surface area contributed by atoms with Crippen LogP contribution in [0.4, 0.5) is 16.9 Å². The van der Waals surface area contributed by atoms with Crippen LogP contribution >= 0.6 is 0 Å². The van der Waals surface area contributed by atoms with E-state index < -0.39 is 19.5 Å². The molecule has 0 aliphatic carbocycles. The summed E-state index contributed by atoms with van der Waals surface area (Å²) in [5, 5.41) is 0. The van der Waals surface area contributed by atoms with Crippen molar-refractivity contribution in [2.24, 2.45) is 0 Å². The first kappa shape index (κ1) is 19.5. The summed E-state index contributed by atoms with van der Waals surface area (Å²) >= 11 is -11.2. The molecular formula is C9H12F6FeSb-. The molecule has 0 aliphatic heterocycles. The van der Waals surface area contributed by atoms with Crippen LogP contribution in [0.3, 0.4) is 0 Å². The van der Waals surface area contributed by atoms with E-state index in [2.05, 4.69) is 38.1 Å². The smallest absolute Gasteiger partial charge is 0 e. The average molecular weight is 412 g/mol. The molecule has 0 spiro atoms. The van der Waals surface area contributed by atoms with E-state index in [0.29, 0.717) is 5.92 Å². The van der Waals surface area contributed by atoms with Crippen molar-refractivity contribution in [3.05, 3.63) is 35.9 Å². The normalized spacial score (nSPS) is 14.9. The van der Waals surface area contributed by atoms with Gasteiger partial charge in [-0.3, -0.25) is 0 Å². The van der Waals surface area contributed by atoms with E-state index in [1.54, 1.807) is 0 Å². The van der Waals surface area contributed by atoms with Gasteiger partial charge in [0.25, 0.3) is 0 Å². The SMILES string of the molecule is CC(C)c1ccccc1.[F][Sb-]([F])([F])([F])([F])[F].[Fe]. The van der Waals surface area contributed by atoms with Gasteiger partial charge in [-0.05, 0) is 11.5 Å². The van der Waals surface area contributed by atoms with Gasteiger partial charge in [0.2, 0.25) is 0 Å². The molecule has 0 saturated heterocycles. The van der Waals surface area contributed by atoms with E-state index in [4.69, 9.17) is 0 Å². The predicted molar refractivity (Wildman–Crippen MR) is 52.9 cm³/mol. The van der Waals surface area contributed by atoms with Crippen LogP contribution < -0.4 is 0 Å². The van der Waals surface area contributed by atoms with Gasteiger partial charge in [-0.1, -0.05) is 44.2 Å². The molecule has 8 heteroatoms. The maximum absolute atomic E-state index is 11.2. The molecule has 0 fully saturated rings. The van der Waals surface area contributed by atoms with Gasteiger partial charge in [-0.25, -0.2) is 0 Å². The molecule has 0 radical (unpaired) electrons. The van der Waals surface area contributed by atoms with E-state index >= 15 is 0 Å². The zero-order chi connectivity index (χ0) is 13.1. The molecule has 1 aromatic carbocycles. The van der Waals surface area contributed by atoms with Gasteiger partial charge in [0.1, 0.15) is 0 Å². The number of rotatable bonds is 1. The average Bonchev–Trinajstić information content (AvgIpc) is 2.00. The third kappa shape index (κ3) is 21.9. The second-order valence-corrected chi connectivity index (χ2v) is 8.99. The first-order valence-corrected chi connectivity index (χ1v) is 10.2. The van der Waals surface area contributed by atoms with Gasteiger partial charge in [-0.2, -0.15) is 0 Å². The van der Waals surface area contributed by atoms with Crippen LogP contribution in [0.15, 0.2) is 30.3 Å². The standard InChI is InChI=1S/C9H12.6FH.Fe.Sb/c1-8(2)9-6-4-3-5-7-9;;;;;;;;/h3-8H,1-2H3;6*1H;;/q;;;;;;;;+5/p-6. The fourth-order valence-electron chi connectivity index (χ4n) is 0.838. The van der Waals surface area contributed by atoms with Crippen LogP contribution in [0, 0.1) is 0 Å². The Kier molecular flexibility index (Phi) is 6.20. The monoisotopic (exact) mass is 411 g/mol. The van der Waals surface area contributed by atoms with Gasteiger partial charge in [-0.15, -0.1) is 0 Å². The van der Waals surface area contributed by atoms with Gasteiger partial charge < -0.3 is 0 Å². The Bertz CT molecular complexity index is 318. The molecule has 1 rings (SSSR count). The number of benzene rings is 1. The molecule has 104 valence electrons. The maximum Gasteiger partial charge on any atom is 0 e. The fraction of sp³-hybridized carbons (Fsp3) is 0.333. The summed E-state index contributed by atoms with van der Waals surface area (Å²) in [5.74, 6) is 0.659. The van der Waals surface area contributed by atoms with Crippen LogP contribution in [0.2, 0.25) is 0 Å². The molecule has 0 nitrogen and oxygen atoms in total. The molecule has 0 bridgehead atoms. The summed E-state index contributed by atoms with van der Waals surface area (Å²) in [4.78, 5) is 0. The minimum Gasteiger partial charge on any atom is 0 e. The Morgan fingerprint density at radius 3 is 1.29 bits per heavy atom. The molecule has 0 unspecified atom stereocenters. The number of halogens is 6. The molecule has 0 saturated carbocycles. The maximum atomic E-state index is 9.93. The second kappa shape index (κ2) is 5.41. The Morgan fingerprint density at radius 2 is 1.12 bits per heavy atom. The van der Waals surface area contributed by atoms with E-state index in [-0.39, 0.29) is 17.1 Å². The molecule has 0 amide bonds. The second-order valence-electron chi connectivity index (χ2n) is 3.52. The van der Waals surface area contributed by atoms with Crippen LogP contribution in [-0.2, 0) is 17.1 Å². The van der Waals surface area contributed by atoms with E-state index in [1.165, 1.54) is 5.56 Å². The van der Waals surface area contributed by atoms with Crippen LogP contribution in [-0.4, -0.2) is 19.5 Å². The van der Waals surface area contributed by atoms with Crippen molar-refractivity contribution in [3.63, 3.8) is 0 Å². The summed E-state index contributed by atoms with van der Waals surface area (Å²) in [6, 6.07) is 10.5. The van der Waals surface area contributed by atoms with Crippen molar-refractivity contribution in [1.29, 1.82) is 0 Å². The molecule has 0 N–H and O–H groups in total. The number of hydrogen-bond donors (Lipinski definition) is 0. The zero-order valence-electron chi connectivity index (χ0n) is 9.03.